The summed E-state index contributed by atoms with van der Waals surface area (Å²) in [4.78, 5) is 14.6. The molecule has 160 valence electrons. The number of nitrogens with zero attached hydrogens (tertiary/aromatic N) is 2. The maximum atomic E-state index is 13.2. The number of hydrogen-bond donors (Lipinski definition) is 0. The number of methoxy groups -OCH3 is 1. The van der Waals surface area contributed by atoms with Crippen molar-refractivity contribution in [1.29, 1.82) is 0 Å². The second-order valence-corrected chi connectivity index (χ2v) is 10.2. The molecule has 0 radical (unpaired) electrons. The number of fused-ring (bicyclic) bond motifs is 1. The summed E-state index contributed by atoms with van der Waals surface area (Å²) in [6, 6.07) is 17.0. The summed E-state index contributed by atoms with van der Waals surface area (Å²) in [5, 5.41) is -0.392. The van der Waals surface area contributed by atoms with E-state index in [0.717, 1.165) is 17.7 Å². The molecule has 6 nitrogen and oxygen atoms in total. The Morgan fingerprint density at radius 3 is 2.60 bits per heavy atom. The molecule has 0 aromatic heterocycles. The molecule has 2 heterocycles. The molecule has 0 bridgehead atoms. The highest BCUT2D eigenvalue weighted by molar-refractivity contribution is 7.90. The van der Waals surface area contributed by atoms with Gasteiger partial charge in [-0.05, 0) is 55.0 Å². The minimum absolute atomic E-state index is 0.0112. The quantitative estimate of drug-likeness (QED) is 0.735. The van der Waals surface area contributed by atoms with E-state index in [1.54, 1.807) is 11.4 Å². The van der Waals surface area contributed by atoms with Crippen molar-refractivity contribution in [1.82, 2.24) is 9.21 Å². The molecule has 2 aromatic carbocycles. The Balaban J connectivity index is 1.40. The summed E-state index contributed by atoms with van der Waals surface area (Å²) < 4.78 is 33.2. The first-order chi connectivity index (χ1) is 14.5. The second kappa shape index (κ2) is 8.78. The highest BCUT2D eigenvalue weighted by Gasteiger charge is 2.46. The monoisotopic (exact) mass is 428 g/mol. The standard InChI is InChI=1S/C23H28N2O4S/c1-29-21-9-5-6-18(16-21)10-15-25-17-20-11-13-24(14-12-22(20)30(25,27)28)23(26)19-7-3-2-4-8-19/h2-9,16,20,22H,10-15,17H2,1H3/t20-,22-/m0/s1. The van der Waals surface area contributed by atoms with Crippen LogP contribution >= 0.6 is 0 Å². The van der Waals surface area contributed by atoms with Gasteiger partial charge in [-0.3, -0.25) is 4.79 Å². The van der Waals surface area contributed by atoms with Gasteiger partial charge in [0.25, 0.3) is 5.91 Å². The lowest BCUT2D eigenvalue weighted by atomic mass is 10.0. The SMILES string of the molecule is COc1cccc(CCN2C[C@@H]3CCN(C(=O)c4ccccc4)CC[C@@H]3S2(=O)=O)c1. The normalized spacial score (nSPS) is 23.6. The first-order valence-corrected chi connectivity index (χ1v) is 12.0. The van der Waals surface area contributed by atoms with Crippen LogP contribution in [0.5, 0.6) is 5.75 Å². The van der Waals surface area contributed by atoms with E-state index in [4.69, 9.17) is 4.74 Å². The number of hydrogen-bond acceptors (Lipinski definition) is 4. The number of carbonyl (C=O) groups is 1. The lowest BCUT2D eigenvalue weighted by Crippen LogP contribution is -2.35. The number of ether oxygens (including phenoxy) is 1. The number of rotatable bonds is 5. The Morgan fingerprint density at radius 2 is 1.83 bits per heavy atom. The van der Waals surface area contributed by atoms with E-state index in [2.05, 4.69) is 0 Å². The van der Waals surface area contributed by atoms with Gasteiger partial charge < -0.3 is 9.64 Å². The number of amides is 1. The molecule has 0 N–H and O–H groups in total. The van der Waals surface area contributed by atoms with Crippen molar-refractivity contribution in [2.75, 3.05) is 33.3 Å². The molecule has 2 aliphatic rings. The Bertz CT molecular complexity index is 993. The van der Waals surface area contributed by atoms with Crippen LogP contribution in [0, 0.1) is 5.92 Å². The van der Waals surface area contributed by atoms with Gasteiger partial charge in [-0.1, -0.05) is 30.3 Å². The second-order valence-electron chi connectivity index (χ2n) is 8.04. The maximum absolute atomic E-state index is 13.2. The zero-order valence-electron chi connectivity index (χ0n) is 17.2. The van der Waals surface area contributed by atoms with Gasteiger partial charge in [0.1, 0.15) is 5.75 Å². The summed E-state index contributed by atoms with van der Waals surface area (Å²) in [6.45, 7) is 2.12. The third-order valence-electron chi connectivity index (χ3n) is 6.25. The molecule has 2 fully saturated rings. The van der Waals surface area contributed by atoms with Crippen LogP contribution in [0.3, 0.4) is 0 Å². The minimum Gasteiger partial charge on any atom is -0.497 e. The summed E-state index contributed by atoms with van der Waals surface area (Å²) in [7, 11) is -1.72. The van der Waals surface area contributed by atoms with Crippen LogP contribution in [0.1, 0.15) is 28.8 Å². The smallest absolute Gasteiger partial charge is 0.253 e. The summed E-state index contributed by atoms with van der Waals surface area (Å²) in [6.07, 6.45) is 1.88. The molecule has 2 aliphatic heterocycles. The van der Waals surface area contributed by atoms with Crippen molar-refractivity contribution < 1.29 is 17.9 Å². The Hall–Kier alpha value is -2.38. The molecular formula is C23H28N2O4S. The predicted molar refractivity (Wildman–Crippen MR) is 116 cm³/mol. The molecule has 0 spiro atoms. The average Bonchev–Trinajstić information content (AvgIpc) is 2.90. The number of benzene rings is 2. The van der Waals surface area contributed by atoms with Crippen molar-refractivity contribution in [3.63, 3.8) is 0 Å². The molecule has 7 heteroatoms. The van der Waals surface area contributed by atoms with Crippen molar-refractivity contribution in [2.45, 2.75) is 24.5 Å². The molecule has 2 saturated heterocycles. The first-order valence-electron chi connectivity index (χ1n) is 10.5. The minimum atomic E-state index is -3.35. The van der Waals surface area contributed by atoms with Gasteiger partial charge >= 0.3 is 0 Å². The number of likely N-dealkylation sites (tertiary alicyclic amines) is 1. The fraction of sp³-hybridized carbons (Fsp3) is 0.435. The molecule has 30 heavy (non-hydrogen) atoms. The van der Waals surface area contributed by atoms with Crippen LogP contribution in [0.4, 0.5) is 0 Å². The van der Waals surface area contributed by atoms with E-state index in [-0.39, 0.29) is 11.8 Å². The van der Waals surface area contributed by atoms with Crippen LogP contribution in [0.25, 0.3) is 0 Å². The van der Waals surface area contributed by atoms with Crippen molar-refractivity contribution >= 4 is 15.9 Å². The van der Waals surface area contributed by atoms with E-state index in [1.165, 1.54) is 0 Å². The fourth-order valence-corrected chi connectivity index (χ4v) is 6.80. The van der Waals surface area contributed by atoms with Gasteiger partial charge in [-0.2, -0.15) is 0 Å². The van der Waals surface area contributed by atoms with Crippen LogP contribution < -0.4 is 4.74 Å². The summed E-state index contributed by atoms with van der Waals surface area (Å²) in [5.41, 5.74) is 1.73. The van der Waals surface area contributed by atoms with Crippen molar-refractivity contribution in [3.05, 3.63) is 65.7 Å². The van der Waals surface area contributed by atoms with E-state index < -0.39 is 15.3 Å². The number of sulfonamides is 1. The lowest BCUT2D eigenvalue weighted by Gasteiger charge is -2.22. The molecule has 0 aliphatic carbocycles. The van der Waals surface area contributed by atoms with Gasteiger partial charge in [-0.25, -0.2) is 12.7 Å². The van der Waals surface area contributed by atoms with E-state index in [0.29, 0.717) is 44.6 Å². The molecule has 2 aromatic rings. The third kappa shape index (κ3) is 4.23. The predicted octanol–water partition coefficient (Wildman–Crippen LogP) is 2.80. The van der Waals surface area contributed by atoms with Gasteiger partial charge in [-0.15, -0.1) is 0 Å². The average molecular weight is 429 g/mol. The van der Waals surface area contributed by atoms with Gasteiger partial charge in [0.05, 0.1) is 12.4 Å². The topological polar surface area (TPSA) is 66.9 Å². The van der Waals surface area contributed by atoms with Crippen LogP contribution in [0.2, 0.25) is 0 Å². The van der Waals surface area contributed by atoms with Gasteiger partial charge in [0.15, 0.2) is 0 Å². The van der Waals surface area contributed by atoms with E-state index >= 15 is 0 Å². The number of carbonyl (C=O) groups excluding carboxylic acids is 1. The van der Waals surface area contributed by atoms with Gasteiger partial charge in [0, 0.05) is 31.7 Å². The Morgan fingerprint density at radius 1 is 1.07 bits per heavy atom. The fourth-order valence-electron chi connectivity index (χ4n) is 4.56. The van der Waals surface area contributed by atoms with E-state index in [1.807, 2.05) is 59.5 Å². The third-order valence-corrected chi connectivity index (χ3v) is 8.69. The first kappa shape index (κ1) is 20.9. The lowest BCUT2D eigenvalue weighted by molar-refractivity contribution is 0.0759. The van der Waals surface area contributed by atoms with Crippen LogP contribution in [0.15, 0.2) is 54.6 Å². The molecule has 0 saturated carbocycles. The summed E-state index contributed by atoms with van der Waals surface area (Å²) in [5.74, 6) is 0.849. The van der Waals surface area contributed by atoms with Crippen LogP contribution in [-0.2, 0) is 16.4 Å². The Kier molecular flexibility index (Phi) is 6.11. The Labute approximate surface area is 178 Å². The zero-order chi connectivity index (χ0) is 21.1. The molecular weight excluding hydrogens is 400 g/mol. The summed E-state index contributed by atoms with van der Waals surface area (Å²) >= 11 is 0. The maximum Gasteiger partial charge on any atom is 0.253 e. The molecule has 2 atom stereocenters. The highest BCUT2D eigenvalue weighted by atomic mass is 32.2. The molecule has 1 amide bonds. The van der Waals surface area contributed by atoms with Crippen LogP contribution in [-0.4, -0.2) is 62.1 Å². The highest BCUT2D eigenvalue weighted by Crippen LogP contribution is 2.34. The molecule has 0 unspecified atom stereocenters. The van der Waals surface area contributed by atoms with E-state index in [9.17, 15) is 13.2 Å². The molecule has 4 rings (SSSR count). The van der Waals surface area contributed by atoms with Gasteiger partial charge in [0.2, 0.25) is 10.0 Å². The largest absolute Gasteiger partial charge is 0.497 e. The van der Waals surface area contributed by atoms with Crippen molar-refractivity contribution in [3.8, 4) is 5.75 Å². The van der Waals surface area contributed by atoms with Crippen molar-refractivity contribution in [2.24, 2.45) is 5.92 Å². The zero-order valence-corrected chi connectivity index (χ0v) is 18.1.